The Morgan fingerprint density at radius 3 is 1.60 bits per heavy atom. The molecule has 3 fully saturated rings. The Morgan fingerprint density at radius 2 is 1.13 bits per heavy atom. The second kappa shape index (κ2) is 20.8. The molecule has 0 radical (unpaired) electrons. The highest BCUT2D eigenvalue weighted by molar-refractivity contribution is 5.97. The summed E-state index contributed by atoms with van der Waals surface area (Å²) in [7, 11) is 0. The van der Waals surface area contributed by atoms with Crippen LogP contribution in [0.4, 0.5) is 46.5 Å². The largest absolute Gasteiger partial charge is 0.390 e. The summed E-state index contributed by atoms with van der Waals surface area (Å²) in [4.78, 5) is 34.1. The Bertz CT molecular complexity index is 3570. The van der Waals surface area contributed by atoms with Gasteiger partial charge in [0.2, 0.25) is 0 Å². The van der Waals surface area contributed by atoms with Crippen LogP contribution in [0, 0.1) is 25.5 Å². The van der Waals surface area contributed by atoms with E-state index < -0.39 is 36.4 Å². The average molecular weight is 1060 g/mol. The Labute approximate surface area is 437 Å². The van der Waals surface area contributed by atoms with Gasteiger partial charge in [0, 0.05) is 58.4 Å². The molecule has 3 aliphatic rings. The molecule has 3 aliphatic carbocycles. The first-order valence-electron chi connectivity index (χ1n) is 25.2. The lowest BCUT2D eigenvalue weighted by Crippen LogP contribution is -2.26. The predicted molar refractivity (Wildman–Crippen MR) is 277 cm³/mol. The Morgan fingerprint density at radius 1 is 0.636 bits per heavy atom. The minimum absolute atomic E-state index is 0.109. The van der Waals surface area contributed by atoms with E-state index >= 15 is 0 Å². The first-order valence-corrected chi connectivity index (χ1v) is 25.2. The minimum Gasteiger partial charge on any atom is -0.382 e. The maximum Gasteiger partial charge on any atom is 0.390 e. The Hall–Kier alpha value is -8.16. The molecule has 0 spiro atoms. The van der Waals surface area contributed by atoms with Crippen molar-refractivity contribution in [1.82, 2.24) is 39.8 Å². The summed E-state index contributed by atoms with van der Waals surface area (Å²) in [5.41, 5.74) is 8.99. The van der Waals surface area contributed by atoms with Crippen LogP contribution in [0.2, 0.25) is 0 Å². The third kappa shape index (κ3) is 12.0. The number of hydrogen-bond donors (Lipinski definition) is 4. The van der Waals surface area contributed by atoms with Crippen molar-refractivity contribution in [1.29, 1.82) is 0 Å². The van der Waals surface area contributed by atoms with Gasteiger partial charge in [-0.15, -0.1) is 0 Å². The van der Waals surface area contributed by atoms with Crippen molar-refractivity contribution in [3.8, 4) is 22.5 Å². The van der Waals surface area contributed by atoms with Crippen molar-refractivity contribution in [3.05, 3.63) is 172 Å². The van der Waals surface area contributed by atoms with Crippen LogP contribution in [0.1, 0.15) is 106 Å². The van der Waals surface area contributed by atoms with E-state index in [1.165, 1.54) is 28.8 Å². The van der Waals surface area contributed by atoms with Gasteiger partial charge in [0.1, 0.15) is 11.6 Å². The first-order chi connectivity index (χ1) is 36.7. The van der Waals surface area contributed by atoms with E-state index in [4.69, 9.17) is 5.10 Å². The number of nitrogens with one attached hydrogen (secondary N) is 4. The first kappa shape index (κ1) is 52.3. The molecule has 3 saturated carbocycles. The van der Waals surface area contributed by atoms with E-state index in [1.807, 2.05) is 38.1 Å². The average Bonchev–Trinajstić information content (AvgIpc) is 4.35. The molecular formula is C57H52F8N10O2. The summed E-state index contributed by atoms with van der Waals surface area (Å²) >= 11 is 0. The monoisotopic (exact) mass is 1060 g/mol. The van der Waals surface area contributed by atoms with Gasteiger partial charge in [-0.05, 0) is 135 Å². The fourth-order valence-corrected chi connectivity index (χ4v) is 9.22. The van der Waals surface area contributed by atoms with E-state index in [0.29, 0.717) is 67.7 Å². The number of amides is 2. The van der Waals surface area contributed by atoms with Crippen LogP contribution >= 0.6 is 0 Å². The smallest absolute Gasteiger partial charge is 0.382 e. The summed E-state index contributed by atoms with van der Waals surface area (Å²) in [5.74, 6) is -1.04. The van der Waals surface area contributed by atoms with Gasteiger partial charge in [-0.1, -0.05) is 43.0 Å². The molecule has 0 bridgehead atoms. The molecule has 0 unspecified atom stereocenters. The Kier molecular flexibility index (Phi) is 14.1. The van der Waals surface area contributed by atoms with Gasteiger partial charge in [0.15, 0.2) is 11.3 Å². The van der Waals surface area contributed by atoms with Crippen molar-refractivity contribution in [2.24, 2.45) is 0 Å². The van der Waals surface area contributed by atoms with E-state index in [-0.39, 0.29) is 42.8 Å². The zero-order valence-electron chi connectivity index (χ0n) is 41.8. The molecule has 4 aromatic heterocycles. The van der Waals surface area contributed by atoms with Gasteiger partial charge in [-0.2, -0.15) is 36.5 Å². The third-order valence-electron chi connectivity index (χ3n) is 13.8. The summed E-state index contributed by atoms with van der Waals surface area (Å²) < 4.78 is 108. The maximum absolute atomic E-state index is 14.1. The number of anilines is 2. The summed E-state index contributed by atoms with van der Waals surface area (Å²) in [6.45, 7) is 7.07. The van der Waals surface area contributed by atoms with E-state index in [0.717, 1.165) is 66.3 Å². The van der Waals surface area contributed by atoms with Crippen LogP contribution < -0.4 is 21.3 Å². The van der Waals surface area contributed by atoms with Gasteiger partial charge >= 0.3 is 12.4 Å². The fourth-order valence-electron chi connectivity index (χ4n) is 9.22. The zero-order chi connectivity index (χ0) is 54.4. The highest BCUT2D eigenvalue weighted by atomic mass is 19.4. The number of benzene rings is 4. The van der Waals surface area contributed by atoms with Gasteiger partial charge < -0.3 is 21.3 Å². The number of fused-ring (bicyclic) bond motifs is 2. The fraction of sp³-hybridized carbons (Fsp3) is 0.298. The van der Waals surface area contributed by atoms with Gasteiger partial charge in [0.05, 0.1) is 59.4 Å². The second-order valence-corrected chi connectivity index (χ2v) is 19.9. The Balaban J connectivity index is 0.000000175. The number of alkyl halides is 6. The molecule has 4 N–H and O–H groups in total. The SMILES string of the molecule is C=C(c1cccc(F)c1)c1cc(NCCC(F)(F)F)c2ncc(-c3ccc(C(=O)NC4CC4)c(C)c3)n2n1.Cc1cc(-c2cnc3c(NCCC(F)(F)F)cc(C4(c5cccc(F)c5)CC4)nn23)ccc1C(=O)NC1CC1. The lowest BCUT2D eigenvalue weighted by Gasteiger charge is -2.18. The number of aromatic nitrogens is 6. The molecule has 8 aromatic rings. The molecular weight excluding hydrogens is 1010 g/mol. The zero-order valence-corrected chi connectivity index (χ0v) is 41.8. The molecule has 0 saturated heterocycles. The molecule has 0 aliphatic heterocycles. The molecule has 4 aromatic carbocycles. The minimum atomic E-state index is -4.32. The molecule has 398 valence electrons. The lowest BCUT2D eigenvalue weighted by molar-refractivity contribution is -0.132. The number of hydrogen-bond acceptors (Lipinski definition) is 8. The summed E-state index contributed by atoms with van der Waals surface area (Å²) in [5, 5.41) is 21.2. The van der Waals surface area contributed by atoms with Crippen molar-refractivity contribution in [2.45, 2.75) is 95.1 Å². The van der Waals surface area contributed by atoms with Crippen molar-refractivity contribution in [3.63, 3.8) is 0 Å². The van der Waals surface area contributed by atoms with E-state index in [2.05, 4.69) is 42.9 Å². The molecule has 4 heterocycles. The molecule has 77 heavy (non-hydrogen) atoms. The highest BCUT2D eigenvalue weighted by Crippen LogP contribution is 2.53. The number of nitrogens with zero attached hydrogens (tertiary/aromatic N) is 6. The number of carbonyl (C=O) groups excluding carboxylic acids is 2. The number of aryl methyl sites for hydroxylation is 2. The quantitative estimate of drug-likeness (QED) is 0.0701. The van der Waals surface area contributed by atoms with E-state index in [9.17, 15) is 44.7 Å². The van der Waals surface area contributed by atoms with Crippen molar-refractivity contribution in [2.75, 3.05) is 23.7 Å². The van der Waals surface area contributed by atoms with Crippen LogP contribution in [0.15, 0.2) is 116 Å². The second-order valence-electron chi connectivity index (χ2n) is 19.9. The van der Waals surface area contributed by atoms with Crippen LogP contribution in [0.3, 0.4) is 0 Å². The van der Waals surface area contributed by atoms with Crippen LogP contribution in [0.25, 0.3) is 39.4 Å². The van der Waals surface area contributed by atoms with Crippen LogP contribution in [-0.4, -0.2) is 78.5 Å². The number of rotatable bonds is 16. The normalized spacial score (nSPS) is 14.9. The topological polar surface area (TPSA) is 143 Å². The van der Waals surface area contributed by atoms with Gasteiger partial charge in [0.25, 0.3) is 11.8 Å². The molecule has 0 atom stereocenters. The number of halogens is 8. The van der Waals surface area contributed by atoms with Crippen molar-refractivity contribution >= 4 is 40.1 Å². The molecule has 12 nitrogen and oxygen atoms in total. The van der Waals surface area contributed by atoms with Crippen LogP contribution in [-0.2, 0) is 5.41 Å². The number of imidazole rings is 2. The van der Waals surface area contributed by atoms with E-state index in [1.54, 1.807) is 65.4 Å². The molecule has 20 heteroatoms. The van der Waals surface area contributed by atoms with Gasteiger partial charge in [-0.25, -0.2) is 27.8 Å². The van der Waals surface area contributed by atoms with Gasteiger partial charge in [-0.3, -0.25) is 9.59 Å². The lowest BCUT2D eigenvalue weighted by atomic mass is 9.92. The maximum atomic E-state index is 14.1. The van der Waals surface area contributed by atoms with Crippen molar-refractivity contribution < 1.29 is 44.7 Å². The molecule has 11 rings (SSSR count). The predicted octanol–water partition coefficient (Wildman–Crippen LogP) is 12.3. The number of carbonyl (C=O) groups is 2. The third-order valence-corrected chi connectivity index (χ3v) is 13.8. The van der Waals surface area contributed by atoms with Crippen LogP contribution in [0.5, 0.6) is 0 Å². The standard InChI is InChI=1S/C29H27F4N5O.C28H25F4N5O/c1-17-13-18(5-8-22(17)27(39)36-21-6-7-21)24-16-35-26-23(34-12-11-29(31,32)33)15-25(37-38(24)26)28(9-10-28)19-3-2-4-20(30)14-19;1-16-12-19(6-9-22(16)27(38)35-21-7-8-21)25-15-34-26-24(33-11-10-28(30,31)32)14-23(36-37(25)26)17(2)18-4-3-5-20(29)13-18/h2-5,8,13-16,21,34H,6-7,9-12H2,1H3,(H,36,39);3-6,9,12-15,21,33H,2,7-8,10-11H2,1H3,(H,35,38). The molecule has 2 amide bonds. The summed E-state index contributed by atoms with van der Waals surface area (Å²) in [6, 6.07) is 26.8. The highest BCUT2D eigenvalue weighted by Gasteiger charge is 2.48. The summed E-state index contributed by atoms with van der Waals surface area (Å²) in [6.07, 6.45) is -2.01.